The van der Waals surface area contributed by atoms with Gasteiger partial charge < -0.3 is 14.9 Å². The fourth-order valence-corrected chi connectivity index (χ4v) is 5.80. The van der Waals surface area contributed by atoms with Crippen LogP contribution in [0.2, 0.25) is 0 Å². The van der Waals surface area contributed by atoms with E-state index in [0.29, 0.717) is 11.7 Å². The van der Waals surface area contributed by atoms with Crippen molar-refractivity contribution >= 4 is 17.3 Å². The summed E-state index contributed by atoms with van der Waals surface area (Å²) in [6.45, 7) is 4.81. The number of hydrogen-bond acceptors (Lipinski definition) is 4. The molecule has 1 saturated carbocycles. The zero-order valence-electron chi connectivity index (χ0n) is 19.0. The van der Waals surface area contributed by atoms with Gasteiger partial charge in [0.25, 0.3) is 0 Å². The van der Waals surface area contributed by atoms with Crippen molar-refractivity contribution in [1.29, 1.82) is 0 Å². The molecule has 2 aromatic rings. The Kier molecular flexibility index (Phi) is 6.35. The largest absolute Gasteiger partial charge is 0.508 e. The Labute approximate surface area is 191 Å². The monoisotopic (exact) mass is 433 g/mol. The number of carbonyl (C=O) groups is 1. The summed E-state index contributed by atoms with van der Waals surface area (Å²) in [6, 6.07) is 16.3. The lowest BCUT2D eigenvalue weighted by molar-refractivity contribution is -0.124. The van der Waals surface area contributed by atoms with E-state index < -0.39 is 0 Å². The van der Waals surface area contributed by atoms with Crippen molar-refractivity contribution in [2.45, 2.75) is 51.0 Å². The second kappa shape index (κ2) is 9.53. The summed E-state index contributed by atoms with van der Waals surface area (Å²) in [5.41, 5.74) is 3.56. The molecule has 0 aromatic heterocycles. The molecule has 2 aliphatic heterocycles. The summed E-state index contributed by atoms with van der Waals surface area (Å²) in [4.78, 5) is 20.8. The van der Waals surface area contributed by atoms with Gasteiger partial charge in [-0.1, -0.05) is 43.5 Å². The molecule has 1 saturated heterocycles. The summed E-state index contributed by atoms with van der Waals surface area (Å²) >= 11 is 0. The van der Waals surface area contributed by atoms with Gasteiger partial charge in [0.2, 0.25) is 5.91 Å². The van der Waals surface area contributed by atoms with E-state index in [1.165, 1.54) is 24.8 Å². The molecular formula is C27H35N3O2. The van der Waals surface area contributed by atoms with Crippen LogP contribution in [0.4, 0.5) is 11.4 Å². The summed E-state index contributed by atoms with van der Waals surface area (Å²) < 4.78 is 0. The van der Waals surface area contributed by atoms with E-state index >= 15 is 0 Å². The third kappa shape index (κ3) is 4.49. The highest BCUT2D eigenvalue weighted by atomic mass is 16.3. The molecule has 1 unspecified atom stereocenters. The van der Waals surface area contributed by atoms with E-state index in [-0.39, 0.29) is 12.0 Å². The third-order valence-electron chi connectivity index (χ3n) is 7.59. The molecular weight excluding hydrogens is 398 g/mol. The smallest absolute Gasteiger partial charge is 0.230 e. The van der Waals surface area contributed by atoms with Crippen LogP contribution in [0.25, 0.3) is 0 Å². The van der Waals surface area contributed by atoms with Crippen molar-refractivity contribution in [3.05, 3.63) is 54.1 Å². The summed E-state index contributed by atoms with van der Waals surface area (Å²) in [6.07, 6.45) is 7.84. The Hall–Kier alpha value is -2.53. The van der Waals surface area contributed by atoms with Gasteiger partial charge in [-0.3, -0.25) is 9.69 Å². The molecule has 3 aliphatic rings. The normalized spacial score (nSPS) is 22.6. The first kappa shape index (κ1) is 21.3. The molecule has 5 heteroatoms. The summed E-state index contributed by atoms with van der Waals surface area (Å²) in [5.74, 6) is 0.878. The number of aryl methyl sites for hydroxylation is 1. The van der Waals surface area contributed by atoms with Crippen LogP contribution in [0.5, 0.6) is 5.75 Å². The minimum absolute atomic E-state index is 0.194. The van der Waals surface area contributed by atoms with E-state index in [2.05, 4.69) is 45.0 Å². The predicted octanol–water partition coefficient (Wildman–Crippen LogP) is 4.44. The van der Waals surface area contributed by atoms with Crippen LogP contribution < -0.4 is 9.80 Å². The Morgan fingerprint density at radius 2 is 1.69 bits per heavy atom. The number of carbonyl (C=O) groups excluding carboxylic acids is 1. The molecule has 0 radical (unpaired) electrons. The number of aromatic hydroxyl groups is 1. The summed E-state index contributed by atoms with van der Waals surface area (Å²) in [5, 5.41) is 9.81. The second-order valence-corrected chi connectivity index (χ2v) is 9.67. The molecule has 1 atom stereocenters. The molecule has 1 aliphatic carbocycles. The Balaban J connectivity index is 1.28. The molecule has 1 amide bonds. The second-order valence-electron chi connectivity index (χ2n) is 9.67. The number of rotatable bonds is 4. The van der Waals surface area contributed by atoms with Gasteiger partial charge in [-0.15, -0.1) is 0 Å². The number of nitrogens with zero attached hydrogens (tertiary/aromatic N) is 3. The summed E-state index contributed by atoms with van der Waals surface area (Å²) in [7, 11) is 0. The fraction of sp³-hybridized carbons (Fsp3) is 0.519. The van der Waals surface area contributed by atoms with E-state index in [1.54, 1.807) is 6.07 Å². The van der Waals surface area contributed by atoms with Gasteiger partial charge in [-0.25, -0.2) is 0 Å². The van der Waals surface area contributed by atoms with E-state index in [1.807, 2.05) is 12.1 Å². The van der Waals surface area contributed by atoms with Gasteiger partial charge in [0.1, 0.15) is 5.75 Å². The van der Waals surface area contributed by atoms with Crippen LogP contribution in [-0.2, 0) is 11.2 Å². The van der Waals surface area contributed by atoms with Crippen LogP contribution in [0.3, 0.4) is 0 Å². The fourth-order valence-electron chi connectivity index (χ4n) is 5.80. The van der Waals surface area contributed by atoms with Crippen molar-refractivity contribution < 1.29 is 9.90 Å². The van der Waals surface area contributed by atoms with Crippen LogP contribution in [0.1, 0.15) is 44.1 Å². The molecule has 5 nitrogen and oxygen atoms in total. The van der Waals surface area contributed by atoms with Gasteiger partial charge in [0, 0.05) is 62.1 Å². The molecule has 0 spiro atoms. The quantitative estimate of drug-likeness (QED) is 0.774. The lowest BCUT2D eigenvalue weighted by Gasteiger charge is -2.43. The molecule has 5 rings (SSSR count). The SMILES string of the molecule is O=C(C1CCCCC1)N1c2ccccc2CCC1CN1CCN(c2cccc(O)c2)CC1. The highest BCUT2D eigenvalue weighted by Gasteiger charge is 2.36. The van der Waals surface area contributed by atoms with E-state index in [4.69, 9.17) is 0 Å². The molecule has 0 bridgehead atoms. The van der Waals surface area contributed by atoms with Gasteiger partial charge in [-0.2, -0.15) is 0 Å². The maximum atomic E-state index is 13.7. The Bertz CT molecular complexity index is 932. The lowest BCUT2D eigenvalue weighted by Crippen LogP contribution is -2.55. The zero-order chi connectivity index (χ0) is 21.9. The van der Waals surface area contributed by atoms with E-state index in [0.717, 1.165) is 69.8 Å². The average molecular weight is 434 g/mol. The third-order valence-corrected chi connectivity index (χ3v) is 7.59. The standard InChI is InChI=1S/C27H35N3O2/c31-25-11-6-10-23(19-25)29-17-15-28(16-18-29)20-24-14-13-21-7-4-5-12-26(21)30(24)27(32)22-8-2-1-3-9-22/h4-7,10-12,19,22,24,31H,1-3,8-9,13-18,20H2. The van der Waals surface area contributed by atoms with Gasteiger partial charge in [0.15, 0.2) is 0 Å². The Morgan fingerprint density at radius 1 is 0.906 bits per heavy atom. The first-order chi connectivity index (χ1) is 15.7. The Morgan fingerprint density at radius 3 is 2.47 bits per heavy atom. The first-order valence-corrected chi connectivity index (χ1v) is 12.4. The number of phenolic OH excluding ortho intramolecular Hbond substituents is 1. The number of phenols is 1. The predicted molar refractivity (Wildman–Crippen MR) is 129 cm³/mol. The highest BCUT2D eigenvalue weighted by Crippen LogP contribution is 2.35. The number of anilines is 2. The average Bonchev–Trinajstić information content (AvgIpc) is 2.84. The van der Waals surface area contributed by atoms with Crippen molar-refractivity contribution in [2.75, 3.05) is 42.5 Å². The van der Waals surface area contributed by atoms with Crippen molar-refractivity contribution in [1.82, 2.24) is 4.90 Å². The topological polar surface area (TPSA) is 47.0 Å². The van der Waals surface area contributed by atoms with Crippen LogP contribution in [0.15, 0.2) is 48.5 Å². The molecule has 2 aromatic carbocycles. The molecule has 170 valence electrons. The zero-order valence-corrected chi connectivity index (χ0v) is 19.0. The minimum Gasteiger partial charge on any atom is -0.508 e. The van der Waals surface area contributed by atoms with Crippen LogP contribution in [0, 0.1) is 5.92 Å². The van der Waals surface area contributed by atoms with Crippen LogP contribution >= 0.6 is 0 Å². The number of amides is 1. The van der Waals surface area contributed by atoms with Crippen molar-refractivity contribution in [3.8, 4) is 5.75 Å². The maximum absolute atomic E-state index is 13.7. The van der Waals surface area contributed by atoms with E-state index in [9.17, 15) is 9.90 Å². The lowest BCUT2D eigenvalue weighted by atomic mass is 9.86. The van der Waals surface area contributed by atoms with Gasteiger partial charge in [-0.05, 0) is 49.4 Å². The van der Waals surface area contributed by atoms with Crippen LogP contribution in [-0.4, -0.2) is 54.7 Å². The minimum atomic E-state index is 0.194. The highest BCUT2D eigenvalue weighted by molar-refractivity contribution is 5.97. The van der Waals surface area contributed by atoms with Gasteiger partial charge >= 0.3 is 0 Å². The number of benzene rings is 2. The number of piperazine rings is 1. The molecule has 1 N–H and O–H groups in total. The van der Waals surface area contributed by atoms with Crippen molar-refractivity contribution in [3.63, 3.8) is 0 Å². The molecule has 2 fully saturated rings. The number of fused-ring (bicyclic) bond motifs is 1. The molecule has 32 heavy (non-hydrogen) atoms. The van der Waals surface area contributed by atoms with Crippen molar-refractivity contribution in [2.24, 2.45) is 5.92 Å². The number of para-hydroxylation sites is 1. The molecule has 2 heterocycles. The van der Waals surface area contributed by atoms with Gasteiger partial charge in [0.05, 0.1) is 0 Å². The first-order valence-electron chi connectivity index (χ1n) is 12.4. The maximum Gasteiger partial charge on any atom is 0.230 e. The number of hydrogen-bond donors (Lipinski definition) is 1.